The number of piperazine rings is 1. The van der Waals surface area contributed by atoms with Crippen LogP contribution in [0.1, 0.15) is 78.6 Å². The molecule has 1 fully saturated rings. The van der Waals surface area contributed by atoms with Crippen LogP contribution in [-0.4, -0.2) is 36.0 Å². The van der Waals surface area contributed by atoms with Crippen molar-refractivity contribution in [2.45, 2.75) is 90.6 Å². The molecule has 1 amide bonds. The van der Waals surface area contributed by atoms with Gasteiger partial charge in [-0.25, -0.2) is 0 Å². The molecule has 3 nitrogen and oxygen atoms in total. The van der Waals surface area contributed by atoms with Gasteiger partial charge in [0.1, 0.15) is 0 Å². The van der Waals surface area contributed by atoms with Crippen molar-refractivity contribution in [1.29, 1.82) is 0 Å². The second-order valence-corrected chi connectivity index (χ2v) is 6.14. The molecule has 0 saturated carbocycles. The number of hydrogen-bond donors (Lipinski definition) is 1. The molecule has 0 aliphatic carbocycles. The molecule has 118 valence electrons. The highest BCUT2D eigenvalue weighted by molar-refractivity contribution is 5.76. The number of nitrogens with one attached hydrogen (secondary N) is 1. The van der Waals surface area contributed by atoms with Gasteiger partial charge in [0.05, 0.1) is 0 Å². The summed E-state index contributed by atoms with van der Waals surface area (Å²) in [6.45, 7) is 8.49. The zero-order chi connectivity index (χ0) is 14.8. The molecule has 2 atom stereocenters. The fourth-order valence-corrected chi connectivity index (χ4v) is 3.01. The van der Waals surface area contributed by atoms with Gasteiger partial charge >= 0.3 is 0 Å². The second kappa shape index (κ2) is 10.2. The third-order valence-corrected chi connectivity index (χ3v) is 4.53. The van der Waals surface area contributed by atoms with Gasteiger partial charge < -0.3 is 10.2 Å². The maximum atomic E-state index is 12.4. The topological polar surface area (TPSA) is 32.3 Å². The summed E-state index contributed by atoms with van der Waals surface area (Å²) in [7, 11) is 0. The quantitative estimate of drug-likeness (QED) is 0.654. The maximum Gasteiger partial charge on any atom is 0.222 e. The molecule has 1 aliphatic heterocycles. The van der Waals surface area contributed by atoms with E-state index in [-0.39, 0.29) is 0 Å². The first-order chi connectivity index (χ1) is 9.72. The van der Waals surface area contributed by atoms with E-state index in [1.807, 2.05) is 0 Å². The van der Waals surface area contributed by atoms with Gasteiger partial charge in [-0.1, -0.05) is 52.9 Å². The van der Waals surface area contributed by atoms with E-state index in [4.69, 9.17) is 0 Å². The highest BCUT2D eigenvalue weighted by Crippen LogP contribution is 2.15. The molecular weight excluding hydrogens is 248 g/mol. The van der Waals surface area contributed by atoms with Gasteiger partial charge in [-0.3, -0.25) is 4.79 Å². The average Bonchev–Trinajstić information content (AvgIpc) is 2.49. The Morgan fingerprint density at radius 2 is 1.75 bits per heavy atom. The minimum atomic E-state index is 0.382. The monoisotopic (exact) mass is 282 g/mol. The highest BCUT2D eigenvalue weighted by atomic mass is 16.2. The SMILES string of the molecule is CCCCCCCCC(=O)N1CC(CC)NCC1CC. The van der Waals surface area contributed by atoms with E-state index in [9.17, 15) is 4.79 Å². The van der Waals surface area contributed by atoms with E-state index >= 15 is 0 Å². The molecule has 0 bridgehead atoms. The van der Waals surface area contributed by atoms with Crippen LogP contribution in [0.2, 0.25) is 0 Å². The number of rotatable bonds is 9. The molecule has 0 aromatic carbocycles. The van der Waals surface area contributed by atoms with Crippen molar-refractivity contribution in [2.75, 3.05) is 13.1 Å². The van der Waals surface area contributed by atoms with Gasteiger partial charge in [-0.2, -0.15) is 0 Å². The Balaban J connectivity index is 2.28. The number of unbranched alkanes of at least 4 members (excludes halogenated alkanes) is 5. The predicted molar refractivity (Wildman–Crippen MR) is 85.9 cm³/mol. The largest absolute Gasteiger partial charge is 0.337 e. The minimum absolute atomic E-state index is 0.382. The van der Waals surface area contributed by atoms with Crippen LogP contribution in [0.15, 0.2) is 0 Å². The van der Waals surface area contributed by atoms with Crippen LogP contribution in [0.3, 0.4) is 0 Å². The molecule has 0 spiro atoms. The lowest BCUT2D eigenvalue weighted by Gasteiger charge is -2.40. The van der Waals surface area contributed by atoms with Crippen molar-refractivity contribution < 1.29 is 4.79 Å². The average molecular weight is 282 g/mol. The molecule has 1 aliphatic rings. The first-order valence-corrected chi connectivity index (χ1v) is 8.75. The van der Waals surface area contributed by atoms with Crippen LogP contribution < -0.4 is 5.32 Å². The summed E-state index contributed by atoms with van der Waals surface area (Å²) in [4.78, 5) is 14.6. The Kier molecular flexibility index (Phi) is 8.92. The summed E-state index contributed by atoms with van der Waals surface area (Å²) in [5, 5.41) is 3.55. The summed E-state index contributed by atoms with van der Waals surface area (Å²) in [6, 6.07) is 0.900. The molecule has 3 heteroatoms. The summed E-state index contributed by atoms with van der Waals surface area (Å²) in [6.07, 6.45) is 10.4. The van der Waals surface area contributed by atoms with Gasteiger partial charge in [0.15, 0.2) is 0 Å². The lowest BCUT2D eigenvalue weighted by Crippen LogP contribution is -2.57. The lowest BCUT2D eigenvalue weighted by atomic mass is 10.0. The summed E-state index contributed by atoms with van der Waals surface area (Å²) < 4.78 is 0. The maximum absolute atomic E-state index is 12.4. The van der Waals surface area contributed by atoms with Crippen molar-refractivity contribution in [3.63, 3.8) is 0 Å². The van der Waals surface area contributed by atoms with Crippen LogP contribution in [0, 0.1) is 0 Å². The van der Waals surface area contributed by atoms with Crippen molar-refractivity contribution in [3.8, 4) is 0 Å². The van der Waals surface area contributed by atoms with Gasteiger partial charge in [0.25, 0.3) is 0 Å². The van der Waals surface area contributed by atoms with Crippen LogP contribution >= 0.6 is 0 Å². The number of carbonyl (C=O) groups is 1. The Morgan fingerprint density at radius 1 is 1.05 bits per heavy atom. The Hall–Kier alpha value is -0.570. The predicted octanol–water partition coefficient (Wildman–Crippen LogP) is 3.73. The third-order valence-electron chi connectivity index (χ3n) is 4.53. The fraction of sp³-hybridized carbons (Fsp3) is 0.941. The standard InChI is InChI=1S/C17H34N2O/c1-4-7-8-9-10-11-12-17(20)19-14-15(5-2)18-13-16(19)6-3/h15-16,18H,4-14H2,1-3H3. The van der Waals surface area contributed by atoms with E-state index in [1.54, 1.807) is 0 Å². The van der Waals surface area contributed by atoms with Crippen LogP contribution in [0.4, 0.5) is 0 Å². The number of carbonyl (C=O) groups excluding carboxylic acids is 1. The Morgan fingerprint density at radius 3 is 2.40 bits per heavy atom. The molecule has 1 heterocycles. The van der Waals surface area contributed by atoms with E-state index in [0.29, 0.717) is 18.0 Å². The van der Waals surface area contributed by atoms with Crippen LogP contribution in [-0.2, 0) is 4.79 Å². The van der Waals surface area contributed by atoms with Crippen LogP contribution in [0.5, 0.6) is 0 Å². The fourth-order valence-electron chi connectivity index (χ4n) is 3.01. The molecule has 20 heavy (non-hydrogen) atoms. The van der Waals surface area contributed by atoms with E-state index in [2.05, 4.69) is 31.0 Å². The molecule has 0 radical (unpaired) electrons. The molecule has 2 unspecified atom stereocenters. The lowest BCUT2D eigenvalue weighted by molar-refractivity contribution is -0.135. The zero-order valence-corrected chi connectivity index (χ0v) is 13.8. The number of amides is 1. The van der Waals surface area contributed by atoms with Gasteiger partial charge in [-0.15, -0.1) is 0 Å². The van der Waals surface area contributed by atoms with Gasteiger partial charge in [0.2, 0.25) is 5.91 Å². The first-order valence-electron chi connectivity index (χ1n) is 8.75. The molecule has 1 saturated heterocycles. The minimum Gasteiger partial charge on any atom is -0.337 e. The Bertz CT molecular complexity index is 268. The Labute approximate surface area is 125 Å². The summed E-state index contributed by atoms with van der Waals surface area (Å²) in [5.74, 6) is 0.382. The second-order valence-electron chi connectivity index (χ2n) is 6.14. The summed E-state index contributed by atoms with van der Waals surface area (Å²) >= 11 is 0. The first kappa shape index (κ1) is 17.5. The molecular formula is C17H34N2O. The van der Waals surface area contributed by atoms with Crippen molar-refractivity contribution in [1.82, 2.24) is 10.2 Å². The normalized spacial score (nSPS) is 23.1. The van der Waals surface area contributed by atoms with E-state index in [0.717, 1.165) is 38.8 Å². The summed E-state index contributed by atoms with van der Waals surface area (Å²) in [5.41, 5.74) is 0. The van der Waals surface area contributed by atoms with Gasteiger partial charge in [0, 0.05) is 31.6 Å². The van der Waals surface area contributed by atoms with Crippen molar-refractivity contribution >= 4 is 5.91 Å². The van der Waals surface area contributed by atoms with Crippen LogP contribution in [0.25, 0.3) is 0 Å². The molecule has 0 aromatic rings. The van der Waals surface area contributed by atoms with E-state index in [1.165, 1.54) is 32.1 Å². The third kappa shape index (κ3) is 5.82. The molecule has 1 N–H and O–H groups in total. The zero-order valence-electron chi connectivity index (χ0n) is 13.8. The molecule has 1 rings (SSSR count). The number of nitrogens with zero attached hydrogens (tertiary/aromatic N) is 1. The van der Waals surface area contributed by atoms with E-state index < -0.39 is 0 Å². The smallest absolute Gasteiger partial charge is 0.222 e. The highest BCUT2D eigenvalue weighted by Gasteiger charge is 2.28. The van der Waals surface area contributed by atoms with Gasteiger partial charge in [-0.05, 0) is 19.3 Å². The van der Waals surface area contributed by atoms with Crippen molar-refractivity contribution in [3.05, 3.63) is 0 Å². The number of hydrogen-bond acceptors (Lipinski definition) is 2. The van der Waals surface area contributed by atoms with Crippen molar-refractivity contribution in [2.24, 2.45) is 0 Å². The molecule has 0 aromatic heterocycles.